The number of hydrogen-bond acceptors (Lipinski definition) is 3. The summed E-state index contributed by atoms with van der Waals surface area (Å²) in [5.74, 6) is 0.224. The molecule has 1 atom stereocenters. The highest BCUT2D eigenvalue weighted by Gasteiger charge is 2.45. The van der Waals surface area contributed by atoms with Gasteiger partial charge in [-0.05, 0) is 37.3 Å². The van der Waals surface area contributed by atoms with Crippen LogP contribution in [0.1, 0.15) is 55.7 Å². The first-order chi connectivity index (χ1) is 9.27. The number of carbonyl (C=O) groups is 1. The number of methoxy groups -OCH3 is 1. The fourth-order valence-corrected chi connectivity index (χ4v) is 3.66. The average Bonchev–Trinajstić information content (AvgIpc) is 2.91. The van der Waals surface area contributed by atoms with Crippen molar-refractivity contribution in [1.82, 2.24) is 4.98 Å². The molecule has 102 valence electrons. The summed E-state index contributed by atoms with van der Waals surface area (Å²) in [7, 11) is 1.69. The van der Waals surface area contributed by atoms with Gasteiger partial charge in [-0.2, -0.15) is 0 Å². The molecular formula is C16H21NO2. The van der Waals surface area contributed by atoms with Crippen LogP contribution in [0, 0.1) is 0 Å². The lowest BCUT2D eigenvalue weighted by Crippen LogP contribution is -2.45. The van der Waals surface area contributed by atoms with Gasteiger partial charge in [-0.25, -0.2) is 0 Å². The number of ether oxygens (including phenoxy) is 1. The number of aryl methyl sites for hydroxylation is 1. The van der Waals surface area contributed by atoms with Gasteiger partial charge in [0.1, 0.15) is 5.60 Å². The van der Waals surface area contributed by atoms with Crippen molar-refractivity contribution in [3.63, 3.8) is 0 Å². The van der Waals surface area contributed by atoms with E-state index in [1.54, 1.807) is 13.3 Å². The zero-order valence-corrected chi connectivity index (χ0v) is 11.5. The molecule has 0 radical (unpaired) electrons. The van der Waals surface area contributed by atoms with Gasteiger partial charge in [0.05, 0.1) is 11.6 Å². The Morgan fingerprint density at radius 2 is 2.16 bits per heavy atom. The van der Waals surface area contributed by atoms with E-state index >= 15 is 0 Å². The molecule has 0 amide bonds. The Morgan fingerprint density at radius 1 is 1.37 bits per heavy atom. The van der Waals surface area contributed by atoms with E-state index in [0.29, 0.717) is 0 Å². The van der Waals surface area contributed by atoms with E-state index < -0.39 is 5.60 Å². The van der Waals surface area contributed by atoms with Gasteiger partial charge >= 0.3 is 0 Å². The third-order valence-electron chi connectivity index (χ3n) is 4.78. The topological polar surface area (TPSA) is 39.2 Å². The van der Waals surface area contributed by atoms with Gasteiger partial charge in [0.15, 0.2) is 5.78 Å². The quantitative estimate of drug-likeness (QED) is 0.837. The summed E-state index contributed by atoms with van der Waals surface area (Å²) in [5.41, 5.74) is 1.69. The van der Waals surface area contributed by atoms with Crippen LogP contribution >= 0.6 is 0 Å². The molecule has 0 aliphatic heterocycles. The minimum absolute atomic E-state index is 0.0470. The Bertz CT molecular complexity index is 477. The number of rotatable bonds is 3. The van der Waals surface area contributed by atoms with Crippen molar-refractivity contribution < 1.29 is 9.53 Å². The summed E-state index contributed by atoms with van der Waals surface area (Å²) in [5, 5.41) is 0. The molecule has 1 fully saturated rings. The first kappa shape index (κ1) is 12.8. The van der Waals surface area contributed by atoms with Crippen molar-refractivity contribution in [2.75, 3.05) is 7.11 Å². The number of nitrogens with zero attached hydrogens (tertiary/aromatic N) is 1. The molecule has 19 heavy (non-hydrogen) atoms. The van der Waals surface area contributed by atoms with E-state index in [0.717, 1.165) is 44.2 Å². The zero-order chi connectivity index (χ0) is 13.3. The van der Waals surface area contributed by atoms with Crippen LogP contribution in [0.4, 0.5) is 0 Å². The lowest BCUT2D eigenvalue weighted by atomic mass is 9.76. The van der Waals surface area contributed by atoms with E-state index in [2.05, 4.69) is 11.1 Å². The lowest BCUT2D eigenvalue weighted by molar-refractivity contribution is -0.146. The van der Waals surface area contributed by atoms with E-state index in [1.807, 2.05) is 6.07 Å². The van der Waals surface area contributed by atoms with Crippen LogP contribution in [-0.2, 0) is 16.0 Å². The van der Waals surface area contributed by atoms with Gasteiger partial charge in [-0.15, -0.1) is 0 Å². The molecule has 0 aromatic carbocycles. The fourth-order valence-electron chi connectivity index (χ4n) is 3.66. The first-order valence-corrected chi connectivity index (χ1v) is 7.30. The SMILES string of the molecule is COC1(C(=O)C2CCc3cccnc32)CCCCC1. The number of carbonyl (C=O) groups excluding carboxylic acids is 1. The maximum Gasteiger partial charge on any atom is 0.173 e. The summed E-state index contributed by atoms with van der Waals surface area (Å²) in [4.78, 5) is 17.4. The molecule has 3 heteroatoms. The summed E-state index contributed by atoms with van der Waals surface area (Å²) in [6.45, 7) is 0. The highest BCUT2D eigenvalue weighted by molar-refractivity contribution is 5.93. The third-order valence-corrected chi connectivity index (χ3v) is 4.78. The molecule has 1 saturated carbocycles. The van der Waals surface area contributed by atoms with Gasteiger partial charge in [0.25, 0.3) is 0 Å². The Morgan fingerprint density at radius 3 is 2.89 bits per heavy atom. The molecule has 2 aliphatic rings. The molecule has 0 bridgehead atoms. The predicted molar refractivity (Wildman–Crippen MR) is 73.1 cm³/mol. The van der Waals surface area contributed by atoms with Crippen LogP contribution < -0.4 is 0 Å². The Kier molecular flexibility index (Phi) is 3.40. The monoisotopic (exact) mass is 259 g/mol. The normalized spacial score (nSPS) is 25.0. The van der Waals surface area contributed by atoms with Gasteiger partial charge in [0, 0.05) is 13.3 Å². The number of pyridine rings is 1. The average molecular weight is 259 g/mol. The van der Waals surface area contributed by atoms with Crippen molar-refractivity contribution >= 4 is 5.78 Å². The fraction of sp³-hybridized carbons (Fsp3) is 0.625. The van der Waals surface area contributed by atoms with Crippen LogP contribution in [-0.4, -0.2) is 23.5 Å². The van der Waals surface area contributed by atoms with Crippen molar-refractivity contribution in [2.45, 2.75) is 56.5 Å². The molecule has 3 nitrogen and oxygen atoms in total. The second-order valence-corrected chi connectivity index (χ2v) is 5.76. The third kappa shape index (κ3) is 2.10. The van der Waals surface area contributed by atoms with Crippen molar-refractivity contribution in [1.29, 1.82) is 0 Å². The van der Waals surface area contributed by atoms with Crippen LogP contribution in [0.25, 0.3) is 0 Å². The van der Waals surface area contributed by atoms with Gasteiger partial charge in [-0.3, -0.25) is 9.78 Å². The summed E-state index contributed by atoms with van der Waals surface area (Å²) >= 11 is 0. The van der Waals surface area contributed by atoms with Crippen LogP contribution in [0.5, 0.6) is 0 Å². The second-order valence-electron chi connectivity index (χ2n) is 5.76. The van der Waals surface area contributed by atoms with E-state index in [1.165, 1.54) is 12.0 Å². The molecule has 2 aliphatic carbocycles. The molecule has 0 N–H and O–H groups in total. The Hall–Kier alpha value is -1.22. The maximum atomic E-state index is 13.0. The molecule has 1 heterocycles. The van der Waals surface area contributed by atoms with Gasteiger partial charge in [0.2, 0.25) is 0 Å². The molecular weight excluding hydrogens is 238 g/mol. The molecule has 1 unspecified atom stereocenters. The van der Waals surface area contributed by atoms with Crippen LogP contribution in [0.2, 0.25) is 0 Å². The maximum absolute atomic E-state index is 13.0. The van der Waals surface area contributed by atoms with E-state index in [9.17, 15) is 4.79 Å². The van der Waals surface area contributed by atoms with Crippen LogP contribution in [0.15, 0.2) is 18.3 Å². The number of ketones is 1. The predicted octanol–water partition coefficient (Wildman–Crippen LogP) is 3.03. The minimum atomic E-state index is -0.540. The first-order valence-electron chi connectivity index (χ1n) is 7.30. The highest BCUT2D eigenvalue weighted by Crippen LogP contribution is 2.40. The Labute approximate surface area is 114 Å². The Balaban J connectivity index is 1.88. The summed E-state index contributed by atoms with van der Waals surface area (Å²) in [6.07, 6.45) is 8.84. The standard InChI is InChI=1S/C16H21NO2/c1-19-16(9-3-2-4-10-16)15(18)13-8-7-12-6-5-11-17-14(12)13/h5-6,11,13H,2-4,7-10H2,1H3. The number of fused-ring (bicyclic) bond motifs is 1. The molecule has 0 spiro atoms. The minimum Gasteiger partial charge on any atom is -0.370 e. The van der Waals surface area contributed by atoms with Crippen molar-refractivity contribution in [2.24, 2.45) is 0 Å². The highest BCUT2D eigenvalue weighted by atomic mass is 16.5. The van der Waals surface area contributed by atoms with Crippen LogP contribution in [0.3, 0.4) is 0 Å². The number of hydrogen-bond donors (Lipinski definition) is 0. The molecule has 1 aromatic heterocycles. The van der Waals surface area contributed by atoms with Gasteiger partial charge in [-0.1, -0.05) is 25.3 Å². The number of Topliss-reactive ketones (excluding diaryl/α,β-unsaturated/α-hetero) is 1. The van der Waals surface area contributed by atoms with E-state index in [-0.39, 0.29) is 11.7 Å². The van der Waals surface area contributed by atoms with E-state index in [4.69, 9.17) is 4.74 Å². The lowest BCUT2D eigenvalue weighted by Gasteiger charge is -2.36. The van der Waals surface area contributed by atoms with Crippen molar-refractivity contribution in [3.8, 4) is 0 Å². The second kappa shape index (κ2) is 5.04. The molecule has 1 aromatic rings. The largest absolute Gasteiger partial charge is 0.370 e. The van der Waals surface area contributed by atoms with Crippen molar-refractivity contribution in [3.05, 3.63) is 29.6 Å². The zero-order valence-electron chi connectivity index (χ0n) is 11.5. The number of aromatic nitrogens is 1. The molecule has 3 rings (SSSR count). The van der Waals surface area contributed by atoms with Gasteiger partial charge < -0.3 is 4.74 Å². The smallest absolute Gasteiger partial charge is 0.173 e. The summed E-state index contributed by atoms with van der Waals surface area (Å²) < 4.78 is 5.69. The molecule has 0 saturated heterocycles. The summed E-state index contributed by atoms with van der Waals surface area (Å²) in [6, 6.07) is 4.05.